The monoisotopic (exact) mass is 424 g/mol. The van der Waals surface area contributed by atoms with Crippen LogP contribution in [-0.2, 0) is 4.79 Å². The van der Waals surface area contributed by atoms with Crippen molar-refractivity contribution in [3.8, 4) is 5.82 Å². The molecule has 1 amide bonds. The Morgan fingerprint density at radius 2 is 2.03 bits per heavy atom. The summed E-state index contributed by atoms with van der Waals surface area (Å²) in [7, 11) is 0. The molecule has 1 fully saturated rings. The van der Waals surface area contributed by atoms with Crippen LogP contribution in [0.15, 0.2) is 42.7 Å². The summed E-state index contributed by atoms with van der Waals surface area (Å²) in [6.45, 7) is 2.06. The van der Waals surface area contributed by atoms with Gasteiger partial charge in [0.05, 0.1) is 11.7 Å². The second-order valence-electron chi connectivity index (χ2n) is 7.91. The second-order valence-corrected chi connectivity index (χ2v) is 8.82. The normalized spacial score (nSPS) is 20.1. The molecular formula is C22H28N6OS. The number of nitrogens with one attached hydrogen (secondary N) is 2. The minimum atomic E-state index is 0.107. The first-order chi connectivity index (χ1) is 14.6. The maximum absolute atomic E-state index is 12.5. The van der Waals surface area contributed by atoms with Crippen molar-refractivity contribution in [1.82, 2.24) is 25.1 Å². The van der Waals surface area contributed by atoms with Gasteiger partial charge in [0.25, 0.3) is 0 Å². The fourth-order valence-electron chi connectivity index (χ4n) is 4.03. The van der Waals surface area contributed by atoms with Crippen LogP contribution in [0.2, 0.25) is 0 Å². The average Bonchev–Trinajstić information content (AvgIpc) is 3.19. The van der Waals surface area contributed by atoms with Crippen molar-refractivity contribution in [2.24, 2.45) is 5.92 Å². The van der Waals surface area contributed by atoms with Gasteiger partial charge in [-0.1, -0.05) is 18.2 Å². The molecule has 1 aromatic carbocycles. The molecular weight excluding hydrogens is 396 g/mol. The first kappa shape index (κ1) is 20.7. The fraction of sp³-hybridized carbons (Fsp3) is 0.455. The maximum Gasteiger partial charge on any atom is 0.224 e. The van der Waals surface area contributed by atoms with Crippen molar-refractivity contribution < 1.29 is 4.79 Å². The van der Waals surface area contributed by atoms with E-state index >= 15 is 0 Å². The summed E-state index contributed by atoms with van der Waals surface area (Å²) in [5.74, 6) is 2.59. The Bertz CT molecular complexity index is 998. The Labute approximate surface area is 181 Å². The van der Waals surface area contributed by atoms with E-state index in [4.69, 9.17) is 0 Å². The van der Waals surface area contributed by atoms with Crippen LogP contribution in [0.25, 0.3) is 16.7 Å². The van der Waals surface area contributed by atoms with Crippen molar-refractivity contribution in [2.45, 2.75) is 44.7 Å². The lowest BCUT2D eigenvalue weighted by Gasteiger charge is -2.29. The number of anilines is 1. The van der Waals surface area contributed by atoms with E-state index in [0.29, 0.717) is 5.95 Å². The SMILES string of the molecule is CSC[C@@H](C)NC(=O)C1CCC(Nc2nccc(-n3ncc4ccccc43)n2)CC1. The number of carbonyl (C=O) groups is 1. The summed E-state index contributed by atoms with van der Waals surface area (Å²) >= 11 is 1.76. The van der Waals surface area contributed by atoms with E-state index in [0.717, 1.165) is 48.2 Å². The number of hydrogen-bond donors (Lipinski definition) is 2. The number of amides is 1. The zero-order chi connectivity index (χ0) is 20.9. The number of carbonyl (C=O) groups excluding carboxylic acids is 1. The van der Waals surface area contributed by atoms with E-state index in [1.165, 1.54) is 0 Å². The molecule has 158 valence electrons. The molecule has 1 atom stereocenters. The number of fused-ring (bicyclic) bond motifs is 1. The lowest BCUT2D eigenvalue weighted by Crippen LogP contribution is -2.41. The number of benzene rings is 1. The number of rotatable bonds is 7. The quantitative estimate of drug-likeness (QED) is 0.602. The first-order valence-electron chi connectivity index (χ1n) is 10.5. The molecule has 1 aliphatic carbocycles. The molecule has 1 aliphatic rings. The molecule has 0 spiro atoms. The lowest BCUT2D eigenvalue weighted by molar-refractivity contribution is -0.126. The van der Waals surface area contributed by atoms with Gasteiger partial charge in [0, 0.05) is 41.4 Å². The molecule has 4 rings (SSSR count). The molecule has 1 saturated carbocycles. The van der Waals surface area contributed by atoms with Gasteiger partial charge in [-0.2, -0.15) is 21.8 Å². The van der Waals surface area contributed by atoms with Gasteiger partial charge in [0.2, 0.25) is 11.9 Å². The first-order valence-corrected chi connectivity index (χ1v) is 11.9. The van der Waals surface area contributed by atoms with Crippen molar-refractivity contribution >= 4 is 34.5 Å². The third-order valence-corrected chi connectivity index (χ3v) is 6.40. The summed E-state index contributed by atoms with van der Waals surface area (Å²) in [6, 6.07) is 10.4. The van der Waals surface area contributed by atoms with Crippen molar-refractivity contribution in [1.29, 1.82) is 0 Å². The van der Waals surface area contributed by atoms with E-state index in [-0.39, 0.29) is 23.9 Å². The molecule has 8 heteroatoms. The summed E-state index contributed by atoms with van der Waals surface area (Å²) in [5.41, 5.74) is 1.02. The molecule has 0 bridgehead atoms. The third kappa shape index (κ3) is 4.75. The minimum absolute atomic E-state index is 0.107. The van der Waals surface area contributed by atoms with Gasteiger partial charge >= 0.3 is 0 Å². The molecule has 7 nitrogen and oxygen atoms in total. The van der Waals surface area contributed by atoms with Crippen LogP contribution in [0.5, 0.6) is 0 Å². The van der Waals surface area contributed by atoms with E-state index in [9.17, 15) is 4.79 Å². The van der Waals surface area contributed by atoms with E-state index in [1.807, 2.05) is 41.2 Å². The van der Waals surface area contributed by atoms with Crippen LogP contribution >= 0.6 is 11.8 Å². The van der Waals surface area contributed by atoms with Gasteiger partial charge in [-0.15, -0.1) is 0 Å². The highest BCUT2D eigenvalue weighted by Crippen LogP contribution is 2.26. The second kappa shape index (κ2) is 9.47. The molecule has 3 aromatic rings. The van der Waals surface area contributed by atoms with E-state index < -0.39 is 0 Å². The maximum atomic E-state index is 12.5. The van der Waals surface area contributed by atoms with Crippen LogP contribution in [0.1, 0.15) is 32.6 Å². The van der Waals surface area contributed by atoms with Gasteiger partial charge in [-0.25, -0.2) is 9.67 Å². The number of para-hydroxylation sites is 1. The molecule has 30 heavy (non-hydrogen) atoms. The van der Waals surface area contributed by atoms with Gasteiger partial charge in [-0.05, 0) is 44.9 Å². The molecule has 2 N–H and O–H groups in total. The van der Waals surface area contributed by atoms with E-state index in [2.05, 4.69) is 38.9 Å². The highest BCUT2D eigenvalue weighted by molar-refractivity contribution is 7.98. The standard InChI is InChI=1S/C22H28N6OS/c1-15(14-30-2)25-21(29)16-7-9-18(10-8-16)26-22-23-12-11-20(27-22)28-19-6-4-3-5-17(19)13-24-28/h3-6,11-13,15-16,18H,7-10,14H2,1-2H3,(H,25,29)(H,23,26,27)/t15-,16?,18?/m1/s1. The number of nitrogens with zero attached hydrogens (tertiary/aromatic N) is 4. The van der Waals surface area contributed by atoms with E-state index in [1.54, 1.807) is 18.0 Å². The van der Waals surface area contributed by atoms with Gasteiger partial charge in [0.15, 0.2) is 5.82 Å². The summed E-state index contributed by atoms with van der Waals surface area (Å²) in [5, 5.41) is 12.1. The molecule has 2 heterocycles. The Hall–Kier alpha value is -2.61. The predicted octanol–water partition coefficient (Wildman–Crippen LogP) is 3.65. The van der Waals surface area contributed by atoms with Crippen LogP contribution in [0.3, 0.4) is 0 Å². The highest BCUT2D eigenvalue weighted by Gasteiger charge is 2.27. The molecule has 2 aromatic heterocycles. The average molecular weight is 425 g/mol. The Morgan fingerprint density at radius 1 is 1.23 bits per heavy atom. The number of thioether (sulfide) groups is 1. The fourth-order valence-corrected chi connectivity index (χ4v) is 4.61. The molecule has 0 radical (unpaired) electrons. The van der Waals surface area contributed by atoms with Crippen molar-refractivity contribution in [3.63, 3.8) is 0 Å². The van der Waals surface area contributed by atoms with Gasteiger partial charge in [0.1, 0.15) is 0 Å². The van der Waals surface area contributed by atoms with Crippen molar-refractivity contribution in [2.75, 3.05) is 17.3 Å². The predicted molar refractivity (Wildman–Crippen MR) is 122 cm³/mol. The zero-order valence-electron chi connectivity index (χ0n) is 17.4. The largest absolute Gasteiger partial charge is 0.353 e. The van der Waals surface area contributed by atoms with Crippen molar-refractivity contribution in [3.05, 3.63) is 42.7 Å². The van der Waals surface area contributed by atoms with Crippen LogP contribution < -0.4 is 10.6 Å². The Kier molecular flexibility index (Phi) is 6.52. The number of hydrogen-bond acceptors (Lipinski definition) is 6. The van der Waals surface area contributed by atoms with Gasteiger partial charge in [-0.3, -0.25) is 4.79 Å². The third-order valence-electron chi connectivity index (χ3n) is 5.57. The summed E-state index contributed by atoms with van der Waals surface area (Å²) in [6.07, 6.45) is 9.31. The van der Waals surface area contributed by atoms with Crippen LogP contribution in [0.4, 0.5) is 5.95 Å². The van der Waals surface area contributed by atoms with Crippen LogP contribution in [-0.4, -0.2) is 49.7 Å². The molecule has 0 saturated heterocycles. The van der Waals surface area contributed by atoms with Crippen LogP contribution in [0, 0.1) is 5.92 Å². The molecule has 0 aliphatic heterocycles. The van der Waals surface area contributed by atoms with Gasteiger partial charge < -0.3 is 10.6 Å². The highest BCUT2D eigenvalue weighted by atomic mass is 32.2. The number of aromatic nitrogens is 4. The topological polar surface area (TPSA) is 84.7 Å². The zero-order valence-corrected chi connectivity index (χ0v) is 18.2. The lowest BCUT2D eigenvalue weighted by atomic mass is 9.85. The Balaban J connectivity index is 1.36. The Morgan fingerprint density at radius 3 is 2.83 bits per heavy atom. The molecule has 0 unspecified atom stereocenters. The summed E-state index contributed by atoms with van der Waals surface area (Å²) in [4.78, 5) is 21.5. The smallest absolute Gasteiger partial charge is 0.224 e. The summed E-state index contributed by atoms with van der Waals surface area (Å²) < 4.78 is 1.83. The minimum Gasteiger partial charge on any atom is -0.353 e.